The van der Waals surface area contributed by atoms with Crippen molar-refractivity contribution >= 4 is 17.6 Å². The molecule has 0 spiro atoms. The highest BCUT2D eigenvalue weighted by Gasteiger charge is 2.21. The van der Waals surface area contributed by atoms with Crippen molar-refractivity contribution in [3.05, 3.63) is 34.9 Å². The lowest BCUT2D eigenvalue weighted by molar-refractivity contribution is 0.180. The lowest BCUT2D eigenvalue weighted by atomic mass is 9.96. The molecule has 0 aromatic heterocycles. The van der Waals surface area contributed by atoms with Crippen LogP contribution in [0.25, 0.3) is 0 Å². The molecule has 0 bridgehead atoms. The zero-order valence-corrected chi connectivity index (χ0v) is 16.1. The topological polar surface area (TPSA) is 30.9 Å². The molecule has 1 aromatic rings. The first kappa shape index (κ1) is 18.5. The number of nitrogens with one attached hydrogen (secondary N) is 1. The van der Waals surface area contributed by atoms with E-state index in [1.54, 1.807) is 0 Å². The van der Waals surface area contributed by atoms with E-state index in [9.17, 15) is 0 Å². The second-order valence-corrected chi connectivity index (χ2v) is 7.61. The maximum absolute atomic E-state index is 6.29. The highest BCUT2D eigenvalue weighted by atomic mass is 35.5. The minimum atomic E-state index is 0.707. The maximum Gasteiger partial charge on any atom is 0.193 e. The molecule has 2 fully saturated rings. The van der Waals surface area contributed by atoms with E-state index in [1.807, 2.05) is 12.1 Å². The highest BCUT2D eigenvalue weighted by Crippen LogP contribution is 2.22. The van der Waals surface area contributed by atoms with E-state index in [1.165, 1.54) is 31.2 Å². The smallest absolute Gasteiger partial charge is 0.193 e. The predicted molar refractivity (Wildman–Crippen MR) is 106 cm³/mol. The van der Waals surface area contributed by atoms with Crippen molar-refractivity contribution in [3.8, 4) is 0 Å². The number of guanidine groups is 1. The largest absolute Gasteiger partial charge is 0.357 e. The van der Waals surface area contributed by atoms with Gasteiger partial charge in [-0.05, 0) is 63.2 Å². The lowest BCUT2D eigenvalue weighted by Gasteiger charge is -2.32. The fraction of sp³-hybridized carbons (Fsp3) is 0.650. The van der Waals surface area contributed by atoms with Crippen LogP contribution >= 0.6 is 11.6 Å². The van der Waals surface area contributed by atoms with Crippen LogP contribution in [0.4, 0.5) is 0 Å². The fourth-order valence-corrected chi connectivity index (χ4v) is 3.96. The van der Waals surface area contributed by atoms with Gasteiger partial charge in [0.15, 0.2) is 5.96 Å². The van der Waals surface area contributed by atoms with E-state index in [4.69, 9.17) is 16.6 Å². The minimum absolute atomic E-state index is 0.707. The molecule has 2 heterocycles. The number of halogens is 1. The zero-order valence-electron chi connectivity index (χ0n) is 15.4. The number of likely N-dealkylation sites (tertiary alicyclic amines) is 2. The second kappa shape index (κ2) is 9.44. The molecule has 0 aliphatic carbocycles. The molecule has 2 aliphatic rings. The number of piperidine rings is 1. The standard InChI is InChI=1S/C20H31ClN4/c1-2-22-20(25-11-5-6-12-25)23-15-17-9-13-24(14-10-17)16-18-7-3-4-8-19(18)21/h3-4,7-8,17H,2,5-6,9-16H2,1H3,(H,22,23). The molecule has 0 radical (unpaired) electrons. The molecule has 3 rings (SSSR count). The summed E-state index contributed by atoms with van der Waals surface area (Å²) in [6, 6.07) is 8.19. The molecule has 2 saturated heterocycles. The summed E-state index contributed by atoms with van der Waals surface area (Å²) in [6.45, 7) is 9.62. The Morgan fingerprint density at radius 3 is 2.56 bits per heavy atom. The summed E-state index contributed by atoms with van der Waals surface area (Å²) in [5.74, 6) is 1.83. The Balaban J connectivity index is 1.47. The van der Waals surface area contributed by atoms with Crippen LogP contribution in [0.5, 0.6) is 0 Å². The van der Waals surface area contributed by atoms with Gasteiger partial charge in [0.25, 0.3) is 0 Å². The summed E-state index contributed by atoms with van der Waals surface area (Å²) in [5, 5.41) is 4.35. The van der Waals surface area contributed by atoms with Gasteiger partial charge >= 0.3 is 0 Å². The average molecular weight is 363 g/mol. The number of rotatable bonds is 5. The van der Waals surface area contributed by atoms with E-state index in [0.29, 0.717) is 5.92 Å². The summed E-state index contributed by atoms with van der Waals surface area (Å²) in [7, 11) is 0. The molecule has 1 aromatic carbocycles. The number of hydrogen-bond acceptors (Lipinski definition) is 2. The minimum Gasteiger partial charge on any atom is -0.357 e. The van der Waals surface area contributed by atoms with Crippen LogP contribution in [0.3, 0.4) is 0 Å². The number of benzene rings is 1. The molecule has 0 saturated carbocycles. The normalized spacial score (nSPS) is 20.2. The van der Waals surface area contributed by atoms with Crippen molar-refractivity contribution < 1.29 is 0 Å². The molecule has 0 atom stereocenters. The summed E-state index contributed by atoms with van der Waals surface area (Å²) in [4.78, 5) is 9.87. The zero-order chi connectivity index (χ0) is 17.5. The highest BCUT2D eigenvalue weighted by molar-refractivity contribution is 6.31. The van der Waals surface area contributed by atoms with Gasteiger partial charge in [0.1, 0.15) is 0 Å². The van der Waals surface area contributed by atoms with E-state index >= 15 is 0 Å². The maximum atomic E-state index is 6.29. The molecular formula is C20H31ClN4. The summed E-state index contributed by atoms with van der Waals surface area (Å²) in [5.41, 5.74) is 1.24. The van der Waals surface area contributed by atoms with Crippen LogP contribution in [0.2, 0.25) is 5.02 Å². The van der Waals surface area contributed by atoms with Crippen molar-refractivity contribution in [1.29, 1.82) is 0 Å². The first-order chi connectivity index (χ1) is 12.3. The van der Waals surface area contributed by atoms with Gasteiger partial charge in [-0.2, -0.15) is 0 Å². The predicted octanol–water partition coefficient (Wildman–Crippen LogP) is 3.61. The molecule has 0 unspecified atom stereocenters. The number of aliphatic imine (C=N–C) groups is 1. The van der Waals surface area contributed by atoms with Crippen molar-refractivity contribution in [3.63, 3.8) is 0 Å². The van der Waals surface area contributed by atoms with Crippen molar-refractivity contribution in [2.45, 2.75) is 39.2 Å². The summed E-state index contributed by atoms with van der Waals surface area (Å²) >= 11 is 6.29. The lowest BCUT2D eigenvalue weighted by Crippen LogP contribution is -2.40. The second-order valence-electron chi connectivity index (χ2n) is 7.20. The molecule has 0 amide bonds. The summed E-state index contributed by atoms with van der Waals surface area (Å²) < 4.78 is 0. The Kier molecular flexibility index (Phi) is 7.00. The fourth-order valence-electron chi connectivity index (χ4n) is 3.76. The molecule has 138 valence electrons. The Morgan fingerprint density at radius 2 is 1.88 bits per heavy atom. The van der Waals surface area contributed by atoms with Gasteiger partial charge in [0.05, 0.1) is 0 Å². The van der Waals surface area contributed by atoms with E-state index in [-0.39, 0.29) is 0 Å². The number of nitrogens with zero attached hydrogens (tertiary/aromatic N) is 3. The first-order valence-corrected chi connectivity index (χ1v) is 10.1. The molecule has 25 heavy (non-hydrogen) atoms. The monoisotopic (exact) mass is 362 g/mol. The van der Waals surface area contributed by atoms with E-state index in [0.717, 1.165) is 56.8 Å². The first-order valence-electron chi connectivity index (χ1n) is 9.75. The van der Waals surface area contributed by atoms with Crippen LogP contribution in [0, 0.1) is 5.92 Å². The van der Waals surface area contributed by atoms with Gasteiger partial charge in [0.2, 0.25) is 0 Å². The molecule has 4 nitrogen and oxygen atoms in total. The average Bonchev–Trinajstić information content (AvgIpc) is 3.16. The van der Waals surface area contributed by atoms with Gasteiger partial charge in [-0.15, -0.1) is 0 Å². The molecule has 1 N–H and O–H groups in total. The molecular weight excluding hydrogens is 332 g/mol. The van der Waals surface area contributed by atoms with E-state index < -0.39 is 0 Å². The third kappa shape index (κ3) is 5.35. The van der Waals surface area contributed by atoms with Gasteiger partial charge in [0, 0.05) is 37.7 Å². The van der Waals surface area contributed by atoms with Crippen molar-refractivity contribution in [1.82, 2.24) is 15.1 Å². The number of hydrogen-bond donors (Lipinski definition) is 1. The third-order valence-electron chi connectivity index (χ3n) is 5.30. The SMILES string of the molecule is CCNC(=NCC1CCN(Cc2ccccc2Cl)CC1)N1CCCC1. The summed E-state index contributed by atoms with van der Waals surface area (Å²) in [6.07, 6.45) is 5.05. The van der Waals surface area contributed by atoms with Crippen LogP contribution < -0.4 is 5.32 Å². The van der Waals surface area contributed by atoms with Crippen LogP contribution in [0.1, 0.15) is 38.2 Å². The van der Waals surface area contributed by atoms with Gasteiger partial charge in [-0.3, -0.25) is 9.89 Å². The Morgan fingerprint density at radius 1 is 1.16 bits per heavy atom. The Labute approximate surface area is 157 Å². The van der Waals surface area contributed by atoms with Crippen LogP contribution in [-0.2, 0) is 6.54 Å². The van der Waals surface area contributed by atoms with Crippen LogP contribution in [0.15, 0.2) is 29.3 Å². The van der Waals surface area contributed by atoms with E-state index in [2.05, 4.69) is 34.2 Å². The van der Waals surface area contributed by atoms with Crippen molar-refractivity contribution in [2.75, 3.05) is 39.3 Å². The Hall–Kier alpha value is -1.26. The third-order valence-corrected chi connectivity index (χ3v) is 5.67. The van der Waals surface area contributed by atoms with Gasteiger partial charge in [-0.25, -0.2) is 0 Å². The Bertz CT molecular complexity index is 561. The molecule has 2 aliphatic heterocycles. The quantitative estimate of drug-likeness (QED) is 0.641. The van der Waals surface area contributed by atoms with Gasteiger partial charge < -0.3 is 10.2 Å². The van der Waals surface area contributed by atoms with Crippen molar-refractivity contribution in [2.24, 2.45) is 10.9 Å². The van der Waals surface area contributed by atoms with Crippen LogP contribution in [-0.4, -0.2) is 55.0 Å². The molecule has 5 heteroatoms. The van der Waals surface area contributed by atoms with Gasteiger partial charge in [-0.1, -0.05) is 29.8 Å².